The van der Waals surface area contributed by atoms with Crippen molar-refractivity contribution in [3.05, 3.63) is 78.2 Å². The molecular weight excluding hydrogens is 408 g/mol. The maximum Gasteiger partial charge on any atom is 0.272 e. The quantitative estimate of drug-likeness (QED) is 0.484. The van der Waals surface area contributed by atoms with Crippen molar-refractivity contribution < 1.29 is 14.3 Å². The Balaban J connectivity index is 1.18. The SMILES string of the molecule is COc1ccccc1-c1cc(C(=O)N2CC(n3cc(COc4ccccc4)nn3)C2)[nH]n1. The van der Waals surface area contributed by atoms with Gasteiger partial charge in [0.25, 0.3) is 5.91 Å². The molecule has 1 amide bonds. The van der Waals surface area contributed by atoms with Crippen LogP contribution in [0.5, 0.6) is 11.5 Å². The number of aromatic nitrogens is 5. The van der Waals surface area contributed by atoms with Crippen LogP contribution in [0.4, 0.5) is 0 Å². The van der Waals surface area contributed by atoms with Crippen molar-refractivity contribution in [1.82, 2.24) is 30.1 Å². The minimum Gasteiger partial charge on any atom is -0.496 e. The summed E-state index contributed by atoms with van der Waals surface area (Å²) in [4.78, 5) is 14.6. The second kappa shape index (κ2) is 8.54. The van der Waals surface area contributed by atoms with Crippen LogP contribution in [0.25, 0.3) is 11.3 Å². The van der Waals surface area contributed by atoms with Crippen LogP contribution in [0.1, 0.15) is 22.2 Å². The molecule has 162 valence electrons. The molecule has 5 rings (SSSR count). The van der Waals surface area contributed by atoms with Crippen LogP contribution in [-0.4, -0.2) is 56.2 Å². The van der Waals surface area contributed by atoms with Gasteiger partial charge in [0.15, 0.2) is 0 Å². The number of rotatable bonds is 7. The van der Waals surface area contributed by atoms with Gasteiger partial charge in [-0.25, -0.2) is 4.68 Å². The maximum absolute atomic E-state index is 12.8. The first-order chi connectivity index (χ1) is 15.7. The van der Waals surface area contributed by atoms with Crippen molar-refractivity contribution in [2.75, 3.05) is 20.2 Å². The Kier molecular flexibility index (Phi) is 5.29. The summed E-state index contributed by atoms with van der Waals surface area (Å²) in [6, 6.07) is 19.0. The summed E-state index contributed by atoms with van der Waals surface area (Å²) in [5, 5.41) is 15.5. The smallest absolute Gasteiger partial charge is 0.272 e. The van der Waals surface area contributed by atoms with Crippen LogP contribution >= 0.6 is 0 Å². The summed E-state index contributed by atoms with van der Waals surface area (Å²) in [6.07, 6.45) is 1.87. The number of ether oxygens (including phenoxy) is 2. The molecule has 0 unspecified atom stereocenters. The third-order valence-electron chi connectivity index (χ3n) is 5.40. The van der Waals surface area contributed by atoms with Crippen molar-refractivity contribution in [3.8, 4) is 22.8 Å². The van der Waals surface area contributed by atoms with Gasteiger partial charge in [-0.05, 0) is 30.3 Å². The lowest BCUT2D eigenvalue weighted by Gasteiger charge is -2.38. The average Bonchev–Trinajstić information content (AvgIpc) is 3.47. The lowest BCUT2D eigenvalue weighted by atomic mass is 10.1. The zero-order valence-electron chi connectivity index (χ0n) is 17.5. The number of carbonyl (C=O) groups is 1. The molecule has 1 aliphatic rings. The van der Waals surface area contributed by atoms with Gasteiger partial charge in [0.1, 0.15) is 29.5 Å². The molecule has 2 aromatic carbocycles. The number of H-pyrrole nitrogens is 1. The van der Waals surface area contributed by atoms with Gasteiger partial charge >= 0.3 is 0 Å². The van der Waals surface area contributed by atoms with Gasteiger partial charge in [0, 0.05) is 18.7 Å². The second-order valence-corrected chi connectivity index (χ2v) is 7.52. The molecule has 1 saturated heterocycles. The molecule has 2 aromatic heterocycles. The molecule has 0 aliphatic carbocycles. The number of likely N-dealkylation sites (tertiary alicyclic amines) is 1. The number of nitrogens with zero attached hydrogens (tertiary/aromatic N) is 5. The van der Waals surface area contributed by atoms with Gasteiger partial charge < -0.3 is 14.4 Å². The highest BCUT2D eigenvalue weighted by Crippen LogP contribution is 2.29. The fraction of sp³-hybridized carbons (Fsp3) is 0.217. The van der Waals surface area contributed by atoms with Gasteiger partial charge in [-0.15, -0.1) is 5.10 Å². The molecule has 3 heterocycles. The van der Waals surface area contributed by atoms with Crippen LogP contribution in [-0.2, 0) is 6.61 Å². The van der Waals surface area contributed by atoms with Crippen molar-refractivity contribution in [2.45, 2.75) is 12.6 Å². The highest BCUT2D eigenvalue weighted by Gasteiger charge is 2.34. The van der Waals surface area contributed by atoms with E-state index in [4.69, 9.17) is 9.47 Å². The summed E-state index contributed by atoms with van der Waals surface area (Å²) in [5.74, 6) is 1.40. The fourth-order valence-electron chi connectivity index (χ4n) is 3.62. The van der Waals surface area contributed by atoms with Gasteiger partial charge in [0.05, 0.1) is 25.0 Å². The van der Waals surface area contributed by atoms with Gasteiger partial charge in [0.2, 0.25) is 0 Å². The predicted molar refractivity (Wildman–Crippen MR) is 116 cm³/mol. The number of benzene rings is 2. The first-order valence-electron chi connectivity index (χ1n) is 10.3. The Morgan fingerprint density at radius 2 is 1.91 bits per heavy atom. The Morgan fingerprint density at radius 1 is 1.12 bits per heavy atom. The molecule has 9 nitrogen and oxygen atoms in total. The number of carbonyl (C=O) groups excluding carboxylic acids is 1. The van der Waals surface area contributed by atoms with Crippen molar-refractivity contribution in [3.63, 3.8) is 0 Å². The number of nitrogens with one attached hydrogen (secondary N) is 1. The molecule has 0 spiro atoms. The third-order valence-corrected chi connectivity index (χ3v) is 5.40. The van der Waals surface area contributed by atoms with E-state index in [1.165, 1.54) is 0 Å². The topological polar surface area (TPSA) is 98.2 Å². The molecule has 1 aliphatic heterocycles. The lowest BCUT2D eigenvalue weighted by molar-refractivity contribution is 0.0492. The van der Waals surface area contributed by atoms with Crippen molar-refractivity contribution >= 4 is 5.91 Å². The number of hydrogen-bond donors (Lipinski definition) is 1. The largest absolute Gasteiger partial charge is 0.496 e. The average molecular weight is 430 g/mol. The van der Waals surface area contributed by atoms with Crippen molar-refractivity contribution in [2.24, 2.45) is 0 Å². The predicted octanol–water partition coefficient (Wildman–Crippen LogP) is 2.95. The molecule has 9 heteroatoms. The van der Waals surface area contributed by atoms with E-state index in [0.717, 1.165) is 17.0 Å². The normalized spacial score (nSPS) is 13.6. The molecule has 0 bridgehead atoms. The highest BCUT2D eigenvalue weighted by molar-refractivity contribution is 5.94. The Hall–Kier alpha value is -4.14. The summed E-state index contributed by atoms with van der Waals surface area (Å²) in [6.45, 7) is 1.47. The van der Waals surface area contributed by atoms with E-state index in [1.807, 2.05) is 60.8 Å². The lowest BCUT2D eigenvalue weighted by Crippen LogP contribution is -2.51. The van der Waals surface area contributed by atoms with E-state index in [0.29, 0.717) is 36.8 Å². The molecule has 1 N–H and O–H groups in total. The summed E-state index contributed by atoms with van der Waals surface area (Å²) < 4.78 is 12.9. The molecule has 0 saturated carbocycles. The number of para-hydroxylation sites is 2. The first-order valence-corrected chi connectivity index (χ1v) is 10.3. The molecule has 32 heavy (non-hydrogen) atoms. The number of methoxy groups -OCH3 is 1. The van der Waals surface area contributed by atoms with Gasteiger partial charge in [-0.3, -0.25) is 9.89 Å². The van der Waals surface area contributed by atoms with Crippen molar-refractivity contribution in [1.29, 1.82) is 0 Å². The highest BCUT2D eigenvalue weighted by atomic mass is 16.5. The second-order valence-electron chi connectivity index (χ2n) is 7.52. The number of aromatic amines is 1. The van der Waals surface area contributed by atoms with Crippen LogP contribution in [0.3, 0.4) is 0 Å². The van der Waals surface area contributed by atoms with E-state index in [2.05, 4.69) is 20.5 Å². The zero-order valence-corrected chi connectivity index (χ0v) is 17.5. The fourth-order valence-corrected chi connectivity index (χ4v) is 3.62. The van der Waals surface area contributed by atoms with Crippen LogP contribution in [0.15, 0.2) is 66.9 Å². The molecular formula is C23H22N6O3. The van der Waals surface area contributed by atoms with E-state index in [9.17, 15) is 4.79 Å². The third kappa shape index (κ3) is 3.92. The summed E-state index contributed by atoms with van der Waals surface area (Å²) in [7, 11) is 1.61. The van der Waals surface area contributed by atoms with E-state index < -0.39 is 0 Å². The van der Waals surface area contributed by atoms with Gasteiger partial charge in [-0.2, -0.15) is 5.10 Å². The minimum atomic E-state index is -0.0948. The maximum atomic E-state index is 12.8. The Labute approximate surface area is 184 Å². The molecule has 0 atom stereocenters. The molecule has 4 aromatic rings. The zero-order chi connectivity index (χ0) is 21.9. The van der Waals surface area contributed by atoms with E-state index in [1.54, 1.807) is 22.8 Å². The van der Waals surface area contributed by atoms with E-state index >= 15 is 0 Å². The standard InChI is InChI=1S/C23H22N6O3/c1-31-22-10-6-5-9-19(22)20-11-21(26-25-20)23(30)28-13-17(14-28)29-12-16(24-27-29)15-32-18-7-3-2-4-8-18/h2-12,17H,13-15H2,1H3,(H,25,26). The number of amides is 1. The van der Waals surface area contributed by atoms with E-state index in [-0.39, 0.29) is 11.9 Å². The van der Waals surface area contributed by atoms with Crippen LogP contribution in [0.2, 0.25) is 0 Å². The molecule has 0 radical (unpaired) electrons. The number of hydrogen-bond acceptors (Lipinski definition) is 6. The monoisotopic (exact) mass is 430 g/mol. The summed E-state index contributed by atoms with van der Waals surface area (Å²) in [5.41, 5.74) is 2.69. The Bertz CT molecular complexity index is 1210. The van der Waals surface area contributed by atoms with Crippen LogP contribution < -0.4 is 9.47 Å². The first kappa shape index (κ1) is 19.8. The van der Waals surface area contributed by atoms with Gasteiger partial charge in [-0.1, -0.05) is 35.5 Å². The molecule has 1 fully saturated rings. The summed E-state index contributed by atoms with van der Waals surface area (Å²) >= 11 is 0. The minimum absolute atomic E-state index is 0.0912. The van der Waals surface area contributed by atoms with Crippen LogP contribution in [0, 0.1) is 0 Å². The Morgan fingerprint density at radius 3 is 2.72 bits per heavy atom.